The zero-order valence-electron chi connectivity index (χ0n) is 48.5. The lowest BCUT2D eigenvalue weighted by molar-refractivity contribution is -0.167. The number of hydrogen-bond donors (Lipinski definition) is 0. The molecule has 0 bridgehead atoms. The van der Waals surface area contributed by atoms with E-state index in [1.165, 1.54) is 89.9 Å². The zero-order chi connectivity index (χ0) is 54.3. The Morgan fingerprint density at radius 2 is 0.520 bits per heavy atom. The molecule has 0 radical (unpaired) electrons. The summed E-state index contributed by atoms with van der Waals surface area (Å²) in [4.78, 5) is 38.0. The van der Waals surface area contributed by atoms with E-state index in [-0.39, 0.29) is 37.5 Å². The molecule has 0 heterocycles. The molecular weight excluding hydrogens is 925 g/mol. The van der Waals surface area contributed by atoms with Crippen LogP contribution in [0.5, 0.6) is 0 Å². The Kier molecular flexibility index (Phi) is 58.4. The second-order valence-electron chi connectivity index (χ2n) is 19.9. The summed E-state index contributed by atoms with van der Waals surface area (Å²) in [5, 5.41) is 0. The average Bonchev–Trinajstić information content (AvgIpc) is 3.41. The van der Waals surface area contributed by atoms with Crippen LogP contribution < -0.4 is 0 Å². The highest BCUT2D eigenvalue weighted by molar-refractivity contribution is 5.71. The number of rotatable bonds is 54. The van der Waals surface area contributed by atoms with E-state index in [1.807, 2.05) is 0 Å². The van der Waals surface area contributed by atoms with Crippen LogP contribution in [0.2, 0.25) is 0 Å². The van der Waals surface area contributed by atoms with Crippen molar-refractivity contribution in [2.24, 2.45) is 0 Å². The molecule has 0 aliphatic rings. The van der Waals surface area contributed by atoms with Gasteiger partial charge in [0.2, 0.25) is 0 Å². The van der Waals surface area contributed by atoms with Crippen molar-refractivity contribution in [2.75, 3.05) is 13.2 Å². The first kappa shape index (κ1) is 70.5. The smallest absolute Gasteiger partial charge is 0.306 e. The van der Waals surface area contributed by atoms with Crippen LogP contribution >= 0.6 is 0 Å². The van der Waals surface area contributed by atoms with Crippen LogP contribution in [0.1, 0.15) is 265 Å². The normalized spacial score (nSPS) is 13.1. The highest BCUT2D eigenvalue weighted by Gasteiger charge is 2.19. The third-order valence-electron chi connectivity index (χ3n) is 12.7. The highest BCUT2D eigenvalue weighted by Crippen LogP contribution is 2.15. The Labute approximate surface area is 462 Å². The summed E-state index contributed by atoms with van der Waals surface area (Å²) in [7, 11) is 0. The molecule has 424 valence electrons. The van der Waals surface area contributed by atoms with Crippen molar-refractivity contribution in [3.8, 4) is 0 Å². The van der Waals surface area contributed by atoms with E-state index >= 15 is 0 Å². The third-order valence-corrected chi connectivity index (χ3v) is 12.7. The molecule has 1 atom stereocenters. The molecule has 75 heavy (non-hydrogen) atoms. The molecule has 0 aromatic rings. The molecule has 0 aromatic heterocycles. The van der Waals surface area contributed by atoms with Gasteiger partial charge < -0.3 is 14.2 Å². The van der Waals surface area contributed by atoms with E-state index < -0.39 is 6.10 Å². The Hall–Kier alpha value is -4.45. The van der Waals surface area contributed by atoms with Crippen LogP contribution in [0.3, 0.4) is 0 Å². The molecule has 6 heteroatoms. The summed E-state index contributed by atoms with van der Waals surface area (Å²) >= 11 is 0. The molecule has 0 saturated heterocycles. The van der Waals surface area contributed by atoms with Crippen molar-refractivity contribution in [1.82, 2.24) is 0 Å². The predicted molar refractivity (Wildman–Crippen MR) is 325 cm³/mol. The van der Waals surface area contributed by atoms with Crippen LogP contribution in [0, 0.1) is 0 Å². The summed E-state index contributed by atoms with van der Waals surface area (Å²) in [6.45, 7) is 6.34. The van der Waals surface area contributed by atoms with Gasteiger partial charge in [-0.2, -0.15) is 0 Å². The van der Waals surface area contributed by atoms with Crippen molar-refractivity contribution in [3.63, 3.8) is 0 Å². The van der Waals surface area contributed by atoms with Crippen LogP contribution in [0.15, 0.2) is 134 Å². The van der Waals surface area contributed by atoms with Gasteiger partial charge in [-0.05, 0) is 116 Å². The van der Waals surface area contributed by atoms with E-state index in [2.05, 4.69) is 154 Å². The molecule has 0 aliphatic heterocycles. The maximum absolute atomic E-state index is 12.8. The molecule has 0 aromatic carbocycles. The maximum Gasteiger partial charge on any atom is 0.306 e. The average molecular weight is 1040 g/mol. The minimum absolute atomic E-state index is 0.0938. The lowest BCUT2D eigenvalue weighted by atomic mass is 10.0. The summed E-state index contributed by atoms with van der Waals surface area (Å²) < 4.78 is 16.8. The van der Waals surface area contributed by atoms with Crippen LogP contribution in [0.4, 0.5) is 0 Å². The first-order chi connectivity index (χ1) is 37.0. The Bertz CT molecular complexity index is 1620. The predicted octanol–water partition coefficient (Wildman–Crippen LogP) is 21.0. The minimum Gasteiger partial charge on any atom is -0.462 e. The van der Waals surface area contributed by atoms with Gasteiger partial charge in [0.05, 0.1) is 0 Å². The molecule has 0 amide bonds. The quantitative estimate of drug-likeness (QED) is 0.0261. The number of hydrogen-bond acceptors (Lipinski definition) is 6. The van der Waals surface area contributed by atoms with Crippen molar-refractivity contribution >= 4 is 17.9 Å². The van der Waals surface area contributed by atoms with E-state index in [4.69, 9.17) is 14.2 Å². The van der Waals surface area contributed by atoms with Gasteiger partial charge in [0.15, 0.2) is 6.10 Å². The van der Waals surface area contributed by atoms with E-state index in [0.29, 0.717) is 12.8 Å². The van der Waals surface area contributed by atoms with E-state index in [0.717, 1.165) is 135 Å². The zero-order valence-corrected chi connectivity index (χ0v) is 48.5. The monoisotopic (exact) mass is 1040 g/mol. The standard InChI is InChI=1S/C69H112O6/c1-4-7-10-13-16-18-20-22-24-26-28-29-30-31-32-33-34-35-36-37-38-39-41-42-44-46-48-50-53-56-59-62-68(71)74-65-66(64-73-67(70)61-58-55-52-15-12-9-6-3)75-69(72)63-60-57-54-51-49-47-45-43-40-27-25-23-21-19-17-14-11-8-5-2/h7-8,10-11,16-19,22-25,28-29,31-32,34-35,40,43,47,49,66H,4-6,9,12-15,20-21,26-27,30,33,36-39,41-42,44-46,48,50-65H2,1-3H3/b10-7-,11-8-,18-16-,19-17-,24-22-,25-23-,29-28-,32-31-,35-34-,43-40-,49-47-. The van der Waals surface area contributed by atoms with Crippen molar-refractivity contribution in [1.29, 1.82) is 0 Å². The fourth-order valence-electron chi connectivity index (χ4n) is 8.12. The largest absolute Gasteiger partial charge is 0.462 e. The van der Waals surface area contributed by atoms with Gasteiger partial charge in [-0.15, -0.1) is 0 Å². The molecule has 0 aliphatic carbocycles. The first-order valence-electron chi connectivity index (χ1n) is 30.7. The second kappa shape index (κ2) is 62.1. The maximum atomic E-state index is 12.8. The van der Waals surface area contributed by atoms with Gasteiger partial charge in [0.1, 0.15) is 13.2 Å². The van der Waals surface area contributed by atoms with Gasteiger partial charge in [-0.1, -0.05) is 264 Å². The molecule has 6 nitrogen and oxygen atoms in total. The second-order valence-corrected chi connectivity index (χ2v) is 19.9. The highest BCUT2D eigenvalue weighted by atomic mass is 16.6. The lowest BCUT2D eigenvalue weighted by Crippen LogP contribution is -2.30. The molecule has 1 unspecified atom stereocenters. The Morgan fingerprint density at radius 3 is 0.827 bits per heavy atom. The van der Waals surface area contributed by atoms with Gasteiger partial charge >= 0.3 is 17.9 Å². The van der Waals surface area contributed by atoms with Crippen molar-refractivity contribution < 1.29 is 28.6 Å². The van der Waals surface area contributed by atoms with Gasteiger partial charge in [-0.25, -0.2) is 0 Å². The van der Waals surface area contributed by atoms with E-state index in [1.54, 1.807) is 0 Å². The number of allylic oxidation sites excluding steroid dienone is 22. The fraction of sp³-hybridized carbons (Fsp3) is 0.638. The summed E-state index contributed by atoms with van der Waals surface area (Å²) in [6.07, 6.45) is 87.6. The molecule has 0 fully saturated rings. The van der Waals surface area contributed by atoms with Crippen LogP contribution in [0.25, 0.3) is 0 Å². The first-order valence-corrected chi connectivity index (χ1v) is 30.7. The summed E-state index contributed by atoms with van der Waals surface area (Å²) in [6, 6.07) is 0. The van der Waals surface area contributed by atoms with E-state index in [9.17, 15) is 14.4 Å². The topological polar surface area (TPSA) is 78.9 Å². The lowest BCUT2D eigenvalue weighted by Gasteiger charge is -2.18. The molecule has 0 saturated carbocycles. The number of carbonyl (C=O) groups is 3. The Balaban J connectivity index is 4.18. The summed E-state index contributed by atoms with van der Waals surface area (Å²) in [5.41, 5.74) is 0. The van der Waals surface area contributed by atoms with Crippen molar-refractivity contribution in [3.05, 3.63) is 134 Å². The Morgan fingerprint density at radius 1 is 0.280 bits per heavy atom. The summed E-state index contributed by atoms with van der Waals surface area (Å²) in [5.74, 6) is -0.936. The van der Waals surface area contributed by atoms with Crippen LogP contribution in [-0.4, -0.2) is 37.2 Å². The van der Waals surface area contributed by atoms with Gasteiger partial charge in [0, 0.05) is 19.3 Å². The third kappa shape index (κ3) is 60.3. The molecule has 0 spiro atoms. The molecule has 0 rings (SSSR count). The number of unbranched alkanes of at least 4 members (excludes halogenated alkanes) is 21. The molecule has 0 N–H and O–H groups in total. The van der Waals surface area contributed by atoms with Crippen LogP contribution in [-0.2, 0) is 28.6 Å². The van der Waals surface area contributed by atoms with Crippen molar-refractivity contribution in [2.45, 2.75) is 271 Å². The fourth-order valence-corrected chi connectivity index (χ4v) is 8.12. The number of esters is 3. The molecular formula is C69H112O6. The number of ether oxygens (including phenoxy) is 3. The number of carbonyl (C=O) groups excluding carboxylic acids is 3. The minimum atomic E-state index is -0.797. The SMILES string of the molecule is CC/C=C\C/C=C\C/C=C\C/C=C\C/C=C\C/C=C\CCCCCCCCCCCCCCC(=O)OCC(COC(=O)CCCCCCCCC)OC(=O)CCCCC/C=C\C/C=C\C/C=C\C/C=C\C/C=C\CC. The van der Waals surface area contributed by atoms with Gasteiger partial charge in [-0.3, -0.25) is 14.4 Å². The van der Waals surface area contributed by atoms with Gasteiger partial charge in [0.25, 0.3) is 0 Å².